The Morgan fingerprint density at radius 1 is 1.21 bits per heavy atom. The molecule has 2 bridgehead atoms. The summed E-state index contributed by atoms with van der Waals surface area (Å²) >= 11 is 8.61. The molecule has 0 saturated heterocycles. The minimum Gasteiger partial charge on any atom is -0.445 e. The molecule has 1 N–H and O–H groups in total. The van der Waals surface area contributed by atoms with Crippen LogP contribution >= 0.6 is 34.2 Å². The molecular weight excluding hydrogens is 503 g/mol. The fraction of sp³-hybridized carbons (Fsp3) is 0.381. The summed E-state index contributed by atoms with van der Waals surface area (Å²) in [6.07, 6.45) is 8.03. The molecule has 3 aromatic rings. The number of rotatable bonds is 4. The third-order valence-electron chi connectivity index (χ3n) is 6.39. The molecule has 1 aromatic carbocycles. The van der Waals surface area contributed by atoms with Gasteiger partial charge in [-0.05, 0) is 60.3 Å². The minimum absolute atomic E-state index is 0.0495. The van der Waals surface area contributed by atoms with Crippen LogP contribution in [0.25, 0.3) is 11.0 Å². The number of ether oxygens (including phenoxy) is 1. The summed E-state index contributed by atoms with van der Waals surface area (Å²) in [6.45, 7) is 0.281. The van der Waals surface area contributed by atoms with Crippen LogP contribution in [0.15, 0.2) is 42.9 Å². The number of carbonyl (C=O) groups is 1. The monoisotopic (exact) mass is 522 g/mol. The highest BCUT2D eigenvalue weighted by atomic mass is 127. The highest BCUT2D eigenvalue weighted by Crippen LogP contribution is 2.56. The summed E-state index contributed by atoms with van der Waals surface area (Å²) in [5.41, 5.74) is 1.59. The first kappa shape index (κ1) is 19.1. The zero-order valence-corrected chi connectivity index (χ0v) is 18.6. The number of carbonyl (C=O) groups excluding carboxylic acids is 1. The van der Waals surface area contributed by atoms with E-state index in [4.69, 9.17) is 16.3 Å². The van der Waals surface area contributed by atoms with Gasteiger partial charge in [-0.3, -0.25) is 0 Å². The van der Waals surface area contributed by atoms with Crippen molar-refractivity contribution in [2.75, 3.05) is 0 Å². The minimum atomic E-state index is -0.344. The van der Waals surface area contributed by atoms with E-state index in [9.17, 15) is 4.79 Å². The van der Waals surface area contributed by atoms with Gasteiger partial charge in [0.05, 0.1) is 5.39 Å². The number of aromatic nitrogens is 3. The summed E-state index contributed by atoms with van der Waals surface area (Å²) < 4.78 is 8.79. The van der Waals surface area contributed by atoms with Crippen molar-refractivity contribution in [3.05, 3.63) is 57.1 Å². The molecule has 6 nitrogen and oxygen atoms in total. The number of amides is 1. The predicted octanol–water partition coefficient (Wildman–Crippen LogP) is 5.03. The predicted molar refractivity (Wildman–Crippen MR) is 119 cm³/mol. The van der Waals surface area contributed by atoms with Crippen LogP contribution in [0.5, 0.6) is 0 Å². The summed E-state index contributed by atoms with van der Waals surface area (Å²) in [4.78, 5) is 21.1. The third kappa shape index (κ3) is 3.28. The Bertz CT molecular complexity index is 1080. The molecule has 0 radical (unpaired) electrons. The summed E-state index contributed by atoms with van der Waals surface area (Å²) in [5, 5.41) is 4.57. The Hall–Kier alpha value is -1.87. The molecule has 5 rings (SSSR count). The second-order valence-corrected chi connectivity index (χ2v) is 9.60. The number of nitrogens with zero attached hydrogens (tertiary/aromatic N) is 3. The molecule has 1 amide bonds. The van der Waals surface area contributed by atoms with Crippen LogP contribution in [0.1, 0.15) is 37.7 Å². The van der Waals surface area contributed by atoms with Gasteiger partial charge >= 0.3 is 6.09 Å². The molecule has 2 aliphatic carbocycles. The van der Waals surface area contributed by atoms with Gasteiger partial charge in [0.1, 0.15) is 23.7 Å². The average molecular weight is 523 g/mol. The van der Waals surface area contributed by atoms with Crippen LogP contribution in [-0.2, 0) is 16.9 Å². The van der Waals surface area contributed by atoms with Crippen molar-refractivity contribution < 1.29 is 9.53 Å². The number of hydrogen-bond donors (Lipinski definition) is 1. The van der Waals surface area contributed by atoms with E-state index in [1.54, 1.807) is 0 Å². The van der Waals surface area contributed by atoms with Gasteiger partial charge in [0.2, 0.25) is 0 Å². The standard InChI is InChI=1S/C21H20ClIN4O2/c22-17-16-15(23)10-27(18(16)25-13-24-17)21-8-6-20(12-21,7-9-21)26-19(28)29-11-14-4-2-1-3-5-14/h1-5,10,13H,6-9,11-12H2,(H,26,28). The SMILES string of the molecule is O=C(NC12CCC(n3cc(I)c4c(Cl)ncnc43)(CC1)C2)OCc1ccccc1. The maximum Gasteiger partial charge on any atom is 0.407 e. The Kier molecular flexibility index (Phi) is 4.70. The van der Waals surface area contributed by atoms with Gasteiger partial charge in [-0.2, -0.15) is 0 Å². The van der Waals surface area contributed by atoms with Crippen LogP contribution in [0, 0.1) is 3.57 Å². The average Bonchev–Trinajstić information content (AvgIpc) is 3.38. The molecule has 2 fully saturated rings. The zero-order chi connectivity index (χ0) is 20.1. The van der Waals surface area contributed by atoms with Gasteiger partial charge < -0.3 is 14.6 Å². The maximum absolute atomic E-state index is 12.5. The van der Waals surface area contributed by atoms with Gasteiger partial charge in [-0.25, -0.2) is 14.8 Å². The van der Waals surface area contributed by atoms with Crippen molar-refractivity contribution in [2.24, 2.45) is 0 Å². The van der Waals surface area contributed by atoms with Crippen LogP contribution in [-0.4, -0.2) is 26.2 Å². The highest BCUT2D eigenvalue weighted by molar-refractivity contribution is 14.1. The first-order valence-corrected chi connectivity index (χ1v) is 11.1. The van der Waals surface area contributed by atoms with E-state index in [0.29, 0.717) is 5.15 Å². The van der Waals surface area contributed by atoms with E-state index in [0.717, 1.165) is 52.3 Å². The second-order valence-electron chi connectivity index (χ2n) is 8.08. The lowest BCUT2D eigenvalue weighted by atomic mass is 9.91. The number of halogens is 2. The molecular formula is C21H20ClIN4O2. The molecule has 2 heterocycles. The van der Waals surface area contributed by atoms with Gasteiger partial charge in [-0.15, -0.1) is 0 Å². The van der Waals surface area contributed by atoms with Crippen LogP contribution < -0.4 is 5.32 Å². The molecule has 2 aromatic heterocycles. The largest absolute Gasteiger partial charge is 0.445 e. The van der Waals surface area contributed by atoms with Gasteiger partial charge in [0.25, 0.3) is 0 Å². The number of nitrogens with one attached hydrogen (secondary N) is 1. The quantitative estimate of drug-likeness (QED) is 0.386. The zero-order valence-electron chi connectivity index (χ0n) is 15.7. The van der Waals surface area contributed by atoms with Gasteiger partial charge in [0.15, 0.2) is 0 Å². The van der Waals surface area contributed by atoms with E-state index in [1.807, 2.05) is 30.3 Å². The normalized spacial score (nSPS) is 25.4. The smallest absolute Gasteiger partial charge is 0.407 e. The van der Waals surface area contributed by atoms with Crippen molar-refractivity contribution in [3.63, 3.8) is 0 Å². The van der Waals surface area contributed by atoms with Crippen molar-refractivity contribution in [2.45, 2.75) is 49.8 Å². The molecule has 0 aliphatic heterocycles. The lowest BCUT2D eigenvalue weighted by molar-refractivity contribution is 0.126. The highest BCUT2D eigenvalue weighted by Gasteiger charge is 2.56. The third-order valence-corrected chi connectivity index (χ3v) is 7.49. The van der Waals surface area contributed by atoms with E-state index < -0.39 is 0 Å². The molecule has 2 saturated carbocycles. The molecule has 150 valence electrons. The lowest BCUT2D eigenvalue weighted by Gasteiger charge is -2.29. The summed E-state index contributed by atoms with van der Waals surface area (Å²) in [7, 11) is 0. The Morgan fingerprint density at radius 3 is 2.72 bits per heavy atom. The Labute approximate surface area is 187 Å². The van der Waals surface area contributed by atoms with Crippen molar-refractivity contribution in [3.8, 4) is 0 Å². The van der Waals surface area contributed by atoms with Crippen LogP contribution in [0.4, 0.5) is 4.79 Å². The first-order chi connectivity index (χ1) is 14.0. The van der Waals surface area contributed by atoms with Crippen molar-refractivity contribution >= 4 is 51.3 Å². The topological polar surface area (TPSA) is 69.0 Å². The summed E-state index contributed by atoms with van der Waals surface area (Å²) in [5.74, 6) is 0. The number of hydrogen-bond acceptors (Lipinski definition) is 4. The molecule has 2 aliphatic rings. The number of fused-ring (bicyclic) bond motifs is 3. The second kappa shape index (κ2) is 7.12. The fourth-order valence-electron chi connectivity index (χ4n) is 4.99. The number of alkyl carbamates (subject to hydrolysis) is 1. The van der Waals surface area contributed by atoms with Crippen molar-refractivity contribution in [1.29, 1.82) is 0 Å². The molecule has 8 heteroatoms. The molecule has 29 heavy (non-hydrogen) atoms. The van der Waals surface area contributed by atoms with Crippen LogP contribution in [0.2, 0.25) is 5.15 Å². The molecule has 0 atom stereocenters. The Morgan fingerprint density at radius 2 is 1.97 bits per heavy atom. The van der Waals surface area contributed by atoms with Crippen molar-refractivity contribution in [1.82, 2.24) is 19.9 Å². The van der Waals surface area contributed by atoms with E-state index >= 15 is 0 Å². The van der Waals surface area contributed by atoms with Gasteiger partial charge in [0, 0.05) is 20.8 Å². The number of benzene rings is 1. The Balaban J connectivity index is 1.34. The van der Waals surface area contributed by atoms with E-state index in [2.05, 4.69) is 48.6 Å². The van der Waals surface area contributed by atoms with Crippen LogP contribution in [0.3, 0.4) is 0 Å². The lowest BCUT2D eigenvalue weighted by Crippen LogP contribution is -2.45. The summed E-state index contributed by atoms with van der Waals surface area (Å²) in [6, 6.07) is 9.73. The molecule has 0 unspecified atom stereocenters. The van der Waals surface area contributed by atoms with Gasteiger partial charge in [-0.1, -0.05) is 41.9 Å². The fourth-order valence-corrected chi connectivity index (χ4v) is 6.16. The van der Waals surface area contributed by atoms with E-state index in [1.165, 1.54) is 6.33 Å². The first-order valence-electron chi connectivity index (χ1n) is 9.67. The molecule has 0 spiro atoms. The maximum atomic E-state index is 12.5. The van der Waals surface area contributed by atoms with E-state index in [-0.39, 0.29) is 23.8 Å².